The summed E-state index contributed by atoms with van der Waals surface area (Å²) in [5.41, 5.74) is 0.342. The fraction of sp³-hybridized carbons (Fsp3) is 0.538. The van der Waals surface area contributed by atoms with E-state index < -0.39 is 10.2 Å². The molecule has 1 atom stereocenters. The Bertz CT molecular complexity index is 593. The lowest BCUT2D eigenvalue weighted by Crippen LogP contribution is -2.49. The van der Waals surface area contributed by atoms with E-state index in [4.69, 9.17) is 23.2 Å². The number of hydrogen-bond donors (Lipinski definition) is 2. The fourth-order valence-electron chi connectivity index (χ4n) is 2.50. The van der Waals surface area contributed by atoms with Crippen molar-refractivity contribution in [2.24, 2.45) is 0 Å². The smallest absolute Gasteiger partial charge is 0.301 e. The van der Waals surface area contributed by atoms with Gasteiger partial charge in [0.2, 0.25) is 0 Å². The van der Waals surface area contributed by atoms with Crippen LogP contribution in [0.5, 0.6) is 0 Å². The van der Waals surface area contributed by atoms with Gasteiger partial charge in [0.05, 0.1) is 10.7 Å². The zero-order chi connectivity index (χ0) is 15.5. The molecule has 2 rings (SSSR count). The van der Waals surface area contributed by atoms with Crippen molar-refractivity contribution in [2.45, 2.75) is 25.3 Å². The maximum absolute atomic E-state index is 12.6. The van der Waals surface area contributed by atoms with E-state index in [1.165, 1.54) is 10.4 Å². The van der Waals surface area contributed by atoms with Crippen molar-refractivity contribution in [3.05, 3.63) is 28.2 Å². The Kier molecular flexibility index (Phi) is 5.73. The van der Waals surface area contributed by atoms with E-state index in [1.807, 2.05) is 7.05 Å². The van der Waals surface area contributed by atoms with Crippen LogP contribution >= 0.6 is 23.2 Å². The van der Waals surface area contributed by atoms with Crippen LogP contribution in [0.15, 0.2) is 18.2 Å². The Morgan fingerprint density at radius 2 is 2.10 bits per heavy atom. The summed E-state index contributed by atoms with van der Waals surface area (Å²) < 4.78 is 29.2. The maximum atomic E-state index is 12.6. The molecule has 118 valence electrons. The van der Waals surface area contributed by atoms with Crippen LogP contribution in [0, 0.1) is 0 Å². The minimum Gasteiger partial charge on any atom is -0.318 e. The van der Waals surface area contributed by atoms with Gasteiger partial charge in [0.1, 0.15) is 0 Å². The van der Waals surface area contributed by atoms with Crippen LogP contribution in [0.3, 0.4) is 0 Å². The average molecular weight is 352 g/mol. The first-order valence-corrected chi connectivity index (χ1v) is 9.03. The normalized spacial score (nSPS) is 20.4. The number of benzene rings is 1. The van der Waals surface area contributed by atoms with Gasteiger partial charge in [-0.25, -0.2) is 0 Å². The zero-order valence-corrected chi connectivity index (χ0v) is 14.1. The molecule has 1 unspecified atom stereocenters. The number of nitrogens with one attached hydrogen (secondary N) is 2. The molecule has 5 nitrogen and oxygen atoms in total. The highest BCUT2D eigenvalue weighted by Gasteiger charge is 2.32. The molecule has 1 heterocycles. The van der Waals surface area contributed by atoms with E-state index in [9.17, 15) is 8.42 Å². The highest BCUT2D eigenvalue weighted by Crippen LogP contribution is 2.28. The molecule has 1 fully saturated rings. The molecular formula is C13H19Cl2N3O2S. The Morgan fingerprint density at radius 1 is 1.33 bits per heavy atom. The van der Waals surface area contributed by atoms with Crippen LogP contribution in [-0.4, -0.2) is 38.9 Å². The number of nitrogens with zero attached hydrogens (tertiary/aromatic N) is 1. The van der Waals surface area contributed by atoms with E-state index >= 15 is 0 Å². The lowest BCUT2D eigenvalue weighted by molar-refractivity contribution is 0.250. The molecule has 1 saturated heterocycles. The molecule has 1 aliphatic rings. The van der Waals surface area contributed by atoms with E-state index in [0.29, 0.717) is 23.8 Å². The topological polar surface area (TPSA) is 61.4 Å². The van der Waals surface area contributed by atoms with Gasteiger partial charge >= 0.3 is 10.2 Å². The monoisotopic (exact) mass is 351 g/mol. The van der Waals surface area contributed by atoms with Crippen molar-refractivity contribution in [1.29, 1.82) is 0 Å². The quantitative estimate of drug-likeness (QED) is 0.857. The molecule has 0 amide bonds. The minimum atomic E-state index is -3.63. The summed E-state index contributed by atoms with van der Waals surface area (Å²) in [6.45, 7) is 1.15. The third kappa shape index (κ3) is 4.23. The van der Waals surface area contributed by atoms with Gasteiger partial charge < -0.3 is 5.32 Å². The first-order valence-electron chi connectivity index (χ1n) is 6.83. The molecule has 8 heteroatoms. The molecule has 1 aromatic carbocycles. The Labute approximate surface area is 135 Å². The first-order chi connectivity index (χ1) is 9.94. The van der Waals surface area contributed by atoms with Gasteiger partial charge in [0.15, 0.2) is 0 Å². The number of halogens is 2. The van der Waals surface area contributed by atoms with Crippen molar-refractivity contribution in [3.8, 4) is 0 Å². The van der Waals surface area contributed by atoms with E-state index in [-0.39, 0.29) is 11.1 Å². The summed E-state index contributed by atoms with van der Waals surface area (Å²) in [4.78, 5) is 0. The molecule has 1 aromatic rings. The molecule has 0 saturated carbocycles. The van der Waals surface area contributed by atoms with Crippen LogP contribution in [0.1, 0.15) is 19.3 Å². The fourth-order valence-corrected chi connectivity index (χ4v) is 4.53. The van der Waals surface area contributed by atoms with Gasteiger partial charge in [-0.2, -0.15) is 12.7 Å². The number of hydrogen-bond acceptors (Lipinski definition) is 3. The van der Waals surface area contributed by atoms with Crippen molar-refractivity contribution in [2.75, 3.05) is 24.9 Å². The molecular weight excluding hydrogens is 333 g/mol. The molecule has 0 aromatic heterocycles. The van der Waals surface area contributed by atoms with Crippen molar-refractivity contribution < 1.29 is 8.42 Å². The second kappa shape index (κ2) is 7.15. The molecule has 0 aliphatic carbocycles. The number of piperidine rings is 1. The molecule has 0 spiro atoms. The van der Waals surface area contributed by atoms with Crippen LogP contribution in [0.25, 0.3) is 0 Å². The average Bonchev–Trinajstić information content (AvgIpc) is 2.43. The lowest BCUT2D eigenvalue weighted by Gasteiger charge is -2.34. The van der Waals surface area contributed by atoms with Gasteiger partial charge in [0.25, 0.3) is 0 Å². The van der Waals surface area contributed by atoms with Crippen molar-refractivity contribution >= 4 is 39.1 Å². The minimum absolute atomic E-state index is 0.0349. The SMILES string of the molecule is CNCC1CCCCN1S(=O)(=O)Nc1ccc(Cl)cc1Cl. The number of anilines is 1. The van der Waals surface area contributed by atoms with Gasteiger partial charge in [-0.1, -0.05) is 29.6 Å². The largest absolute Gasteiger partial charge is 0.318 e. The summed E-state index contributed by atoms with van der Waals surface area (Å²) in [5, 5.41) is 3.80. The molecule has 2 N–H and O–H groups in total. The molecule has 0 bridgehead atoms. The third-order valence-corrected chi connectivity index (χ3v) is 5.62. The van der Waals surface area contributed by atoms with Gasteiger partial charge in [-0.05, 0) is 38.1 Å². The summed E-state index contributed by atoms with van der Waals surface area (Å²) in [7, 11) is -1.80. The van der Waals surface area contributed by atoms with Crippen molar-refractivity contribution in [3.63, 3.8) is 0 Å². The van der Waals surface area contributed by atoms with Gasteiger partial charge in [0, 0.05) is 24.2 Å². The Morgan fingerprint density at radius 3 is 2.76 bits per heavy atom. The van der Waals surface area contributed by atoms with E-state index in [2.05, 4.69) is 10.0 Å². The highest BCUT2D eigenvalue weighted by molar-refractivity contribution is 7.90. The van der Waals surface area contributed by atoms with E-state index in [1.54, 1.807) is 12.1 Å². The van der Waals surface area contributed by atoms with E-state index in [0.717, 1.165) is 19.3 Å². The maximum Gasteiger partial charge on any atom is 0.301 e. The van der Waals surface area contributed by atoms with Crippen LogP contribution in [0.4, 0.5) is 5.69 Å². The van der Waals surface area contributed by atoms with Gasteiger partial charge in [-0.3, -0.25) is 4.72 Å². The Balaban J connectivity index is 2.20. The standard InChI is InChI=1S/C13H19Cl2N3O2S/c1-16-9-11-4-2-3-7-18(11)21(19,20)17-13-6-5-10(14)8-12(13)15/h5-6,8,11,16-17H,2-4,7,9H2,1H3. The van der Waals surface area contributed by atoms with Crippen molar-refractivity contribution in [1.82, 2.24) is 9.62 Å². The van der Waals surface area contributed by atoms with Gasteiger partial charge in [-0.15, -0.1) is 0 Å². The number of likely N-dealkylation sites (N-methyl/N-ethyl adjacent to an activating group) is 1. The Hall–Kier alpha value is -0.530. The molecule has 0 radical (unpaired) electrons. The number of rotatable bonds is 5. The first kappa shape index (κ1) is 16.8. The second-order valence-corrected chi connectivity index (χ2v) is 7.52. The lowest BCUT2D eigenvalue weighted by atomic mass is 10.1. The van der Waals surface area contributed by atoms with Crippen LogP contribution in [0.2, 0.25) is 10.0 Å². The third-order valence-electron chi connectivity index (χ3n) is 3.49. The van der Waals surface area contributed by atoms with Crippen LogP contribution in [-0.2, 0) is 10.2 Å². The molecule has 1 aliphatic heterocycles. The van der Waals surface area contributed by atoms with Crippen LogP contribution < -0.4 is 10.0 Å². The zero-order valence-electron chi connectivity index (χ0n) is 11.8. The summed E-state index contributed by atoms with van der Waals surface area (Å²) >= 11 is 11.9. The summed E-state index contributed by atoms with van der Waals surface area (Å²) in [6.07, 6.45) is 2.77. The predicted molar refractivity (Wildman–Crippen MR) is 87.3 cm³/mol. The second-order valence-electron chi connectivity index (χ2n) is 5.05. The molecule has 21 heavy (non-hydrogen) atoms. The summed E-state index contributed by atoms with van der Waals surface area (Å²) in [5.74, 6) is 0. The summed E-state index contributed by atoms with van der Waals surface area (Å²) in [6, 6.07) is 4.65. The predicted octanol–water partition coefficient (Wildman–Crippen LogP) is 2.72. The highest BCUT2D eigenvalue weighted by atomic mass is 35.5.